The van der Waals surface area contributed by atoms with E-state index in [1.54, 1.807) is 6.92 Å². The summed E-state index contributed by atoms with van der Waals surface area (Å²) in [7, 11) is 2.84. The van der Waals surface area contributed by atoms with Crippen LogP contribution >= 0.6 is 0 Å². The Bertz CT molecular complexity index is 640. The van der Waals surface area contributed by atoms with Gasteiger partial charge in [0.25, 0.3) is 5.91 Å². The van der Waals surface area contributed by atoms with Crippen molar-refractivity contribution < 1.29 is 28.9 Å². The summed E-state index contributed by atoms with van der Waals surface area (Å²) in [6, 6.07) is 6.53. The highest BCUT2D eigenvalue weighted by Gasteiger charge is 2.29. The maximum atomic E-state index is 12.0. The van der Waals surface area contributed by atoms with Crippen LogP contribution in [0.3, 0.4) is 0 Å². The molecule has 0 fully saturated rings. The highest BCUT2D eigenvalue weighted by Crippen LogP contribution is 2.27. The smallest absolute Gasteiger partial charge is 0.305 e. The van der Waals surface area contributed by atoms with Crippen LogP contribution < -0.4 is 14.8 Å². The predicted molar refractivity (Wildman–Crippen MR) is 83.9 cm³/mol. The second kappa shape index (κ2) is 8.74. The number of ether oxygens (including phenoxy) is 3. The number of carboxylic acid groups (broad SMARTS) is 1. The monoisotopic (exact) mass is 336 g/mol. The Morgan fingerprint density at radius 3 is 2.58 bits per heavy atom. The number of hydrogen-bond donors (Lipinski definition) is 2. The van der Waals surface area contributed by atoms with E-state index in [0.29, 0.717) is 17.1 Å². The normalized spacial score (nSPS) is 12.6. The molecule has 2 N–H and O–H groups in total. The lowest BCUT2D eigenvalue weighted by atomic mass is 9.99. The number of hydrogen-bond acceptors (Lipinski definition) is 6. The summed E-state index contributed by atoms with van der Waals surface area (Å²) in [6.45, 7) is 1.29. The van der Waals surface area contributed by atoms with Crippen LogP contribution in [0.1, 0.15) is 18.9 Å². The molecule has 0 aliphatic rings. The summed E-state index contributed by atoms with van der Waals surface area (Å²) >= 11 is 0. The number of nitrogens with zero attached hydrogens (tertiary/aromatic N) is 1. The molecule has 1 aromatic carbocycles. The minimum Gasteiger partial charge on any atom is -0.493 e. The Labute approximate surface area is 139 Å². The number of nitriles is 1. The van der Waals surface area contributed by atoms with Crippen molar-refractivity contribution in [2.45, 2.75) is 18.9 Å². The summed E-state index contributed by atoms with van der Waals surface area (Å²) in [6.07, 6.45) is -0.285. The zero-order valence-corrected chi connectivity index (χ0v) is 13.8. The van der Waals surface area contributed by atoms with Crippen LogP contribution in [0.25, 0.3) is 0 Å². The van der Waals surface area contributed by atoms with Gasteiger partial charge in [0.15, 0.2) is 18.1 Å². The van der Waals surface area contributed by atoms with Crippen molar-refractivity contribution in [1.29, 1.82) is 5.26 Å². The zero-order chi connectivity index (χ0) is 18.2. The molecule has 8 nitrogen and oxygen atoms in total. The molecule has 0 aliphatic heterocycles. The number of carbonyl (C=O) groups is 2. The Balaban J connectivity index is 2.71. The first-order valence-electron chi connectivity index (χ1n) is 7.06. The van der Waals surface area contributed by atoms with Gasteiger partial charge in [0.1, 0.15) is 0 Å². The highest BCUT2D eigenvalue weighted by atomic mass is 16.5. The maximum absolute atomic E-state index is 12.0. The average Bonchev–Trinajstić information content (AvgIpc) is 2.51. The van der Waals surface area contributed by atoms with Crippen LogP contribution in [0.15, 0.2) is 18.2 Å². The first kappa shape index (κ1) is 19.3. The molecule has 130 valence electrons. The molecule has 0 bridgehead atoms. The summed E-state index contributed by atoms with van der Waals surface area (Å²) in [5, 5.41) is 20.4. The van der Waals surface area contributed by atoms with E-state index in [9.17, 15) is 9.59 Å². The average molecular weight is 336 g/mol. The van der Waals surface area contributed by atoms with Gasteiger partial charge >= 0.3 is 5.97 Å². The predicted octanol–water partition coefficient (Wildman–Crippen LogP) is 0.942. The number of methoxy groups -OCH3 is 2. The van der Waals surface area contributed by atoms with Crippen molar-refractivity contribution in [2.75, 3.05) is 27.4 Å². The van der Waals surface area contributed by atoms with E-state index in [-0.39, 0.29) is 19.6 Å². The lowest BCUT2D eigenvalue weighted by Crippen LogP contribution is -2.52. The molecule has 0 aromatic heterocycles. The number of rotatable bonds is 9. The SMILES string of the molecule is COCC(C)(CC(=O)O)NC(=O)COc1ccc(C#N)cc1OC. The third kappa shape index (κ3) is 5.78. The number of aliphatic carboxylic acids is 1. The molecule has 1 rings (SSSR count). The third-order valence-electron chi connectivity index (χ3n) is 3.10. The maximum Gasteiger partial charge on any atom is 0.305 e. The first-order valence-corrected chi connectivity index (χ1v) is 7.06. The molecule has 0 saturated carbocycles. The second-order valence-electron chi connectivity index (χ2n) is 5.38. The Hall–Kier alpha value is -2.79. The van der Waals surface area contributed by atoms with Crippen molar-refractivity contribution in [2.24, 2.45) is 0 Å². The molecule has 0 heterocycles. The molecular weight excluding hydrogens is 316 g/mol. The molecule has 1 unspecified atom stereocenters. The summed E-state index contributed by atoms with van der Waals surface area (Å²) in [5.41, 5.74) is -0.645. The van der Waals surface area contributed by atoms with Gasteiger partial charge in [-0.3, -0.25) is 9.59 Å². The molecule has 0 saturated heterocycles. The number of carbonyl (C=O) groups excluding carboxylic acids is 1. The van der Waals surface area contributed by atoms with Gasteiger partial charge in [-0.1, -0.05) is 0 Å². The van der Waals surface area contributed by atoms with E-state index < -0.39 is 17.4 Å². The van der Waals surface area contributed by atoms with E-state index >= 15 is 0 Å². The van der Waals surface area contributed by atoms with E-state index in [4.69, 9.17) is 24.6 Å². The number of benzene rings is 1. The van der Waals surface area contributed by atoms with Crippen molar-refractivity contribution in [1.82, 2.24) is 5.32 Å². The van der Waals surface area contributed by atoms with Gasteiger partial charge in [-0.25, -0.2) is 0 Å². The minimum absolute atomic E-state index is 0.0469. The Morgan fingerprint density at radius 2 is 2.04 bits per heavy atom. The van der Waals surface area contributed by atoms with Gasteiger partial charge in [-0.2, -0.15) is 5.26 Å². The summed E-state index contributed by atoms with van der Waals surface area (Å²) in [4.78, 5) is 22.9. The molecule has 1 aromatic rings. The quantitative estimate of drug-likeness (QED) is 0.689. The molecule has 0 radical (unpaired) electrons. The van der Waals surface area contributed by atoms with Crippen LogP contribution in [0.5, 0.6) is 11.5 Å². The molecule has 8 heteroatoms. The van der Waals surface area contributed by atoms with Gasteiger partial charge in [0.05, 0.1) is 37.3 Å². The largest absolute Gasteiger partial charge is 0.493 e. The van der Waals surface area contributed by atoms with E-state index in [2.05, 4.69) is 5.32 Å². The number of nitrogens with one attached hydrogen (secondary N) is 1. The molecule has 24 heavy (non-hydrogen) atoms. The molecular formula is C16H20N2O6. The fraction of sp³-hybridized carbons (Fsp3) is 0.438. The first-order chi connectivity index (χ1) is 11.3. The van der Waals surface area contributed by atoms with E-state index in [0.717, 1.165) is 0 Å². The van der Waals surface area contributed by atoms with Crippen LogP contribution in [-0.2, 0) is 14.3 Å². The van der Waals surface area contributed by atoms with Gasteiger partial charge in [0.2, 0.25) is 0 Å². The fourth-order valence-corrected chi connectivity index (χ4v) is 2.16. The third-order valence-corrected chi connectivity index (χ3v) is 3.10. The zero-order valence-electron chi connectivity index (χ0n) is 13.8. The topological polar surface area (TPSA) is 118 Å². The molecule has 1 atom stereocenters. The summed E-state index contributed by atoms with van der Waals surface area (Å²) < 4.78 is 15.5. The number of amides is 1. The fourth-order valence-electron chi connectivity index (χ4n) is 2.16. The minimum atomic E-state index is -1.05. The highest BCUT2D eigenvalue weighted by molar-refractivity contribution is 5.79. The van der Waals surface area contributed by atoms with Crippen LogP contribution in [-0.4, -0.2) is 50.0 Å². The molecule has 1 amide bonds. The van der Waals surface area contributed by atoms with Crippen molar-refractivity contribution in [3.63, 3.8) is 0 Å². The van der Waals surface area contributed by atoms with Gasteiger partial charge in [-0.15, -0.1) is 0 Å². The Morgan fingerprint density at radius 1 is 1.33 bits per heavy atom. The van der Waals surface area contributed by atoms with Gasteiger partial charge in [-0.05, 0) is 19.1 Å². The molecule has 0 aliphatic carbocycles. The lowest BCUT2D eigenvalue weighted by Gasteiger charge is -2.28. The van der Waals surface area contributed by atoms with E-state index in [1.165, 1.54) is 32.4 Å². The van der Waals surface area contributed by atoms with E-state index in [1.807, 2.05) is 6.07 Å². The van der Waals surface area contributed by atoms with Crippen LogP contribution in [0.2, 0.25) is 0 Å². The standard InChI is InChI=1S/C16H20N2O6/c1-16(10-22-2,7-15(20)21)18-14(19)9-24-12-5-4-11(8-17)6-13(12)23-3/h4-6H,7,9-10H2,1-3H3,(H,18,19)(H,20,21). The summed E-state index contributed by atoms with van der Waals surface area (Å²) in [5.74, 6) is -0.919. The Kier molecular flexibility index (Phi) is 7.01. The van der Waals surface area contributed by atoms with Crippen LogP contribution in [0.4, 0.5) is 0 Å². The number of carboxylic acids is 1. The van der Waals surface area contributed by atoms with Gasteiger partial charge < -0.3 is 24.6 Å². The molecule has 0 spiro atoms. The van der Waals surface area contributed by atoms with Crippen molar-refractivity contribution in [3.05, 3.63) is 23.8 Å². The van der Waals surface area contributed by atoms with Crippen molar-refractivity contribution >= 4 is 11.9 Å². The lowest BCUT2D eigenvalue weighted by molar-refractivity contribution is -0.139. The van der Waals surface area contributed by atoms with Crippen LogP contribution in [0, 0.1) is 11.3 Å². The second-order valence-corrected chi connectivity index (χ2v) is 5.38. The van der Waals surface area contributed by atoms with Gasteiger partial charge in [0, 0.05) is 13.2 Å². The van der Waals surface area contributed by atoms with Crippen molar-refractivity contribution in [3.8, 4) is 17.6 Å².